The average molecular weight is 518 g/mol. The smallest absolute Gasteiger partial charge is 0.320 e. The number of halogens is 6. The maximum absolute atomic E-state index is 12.9. The fraction of sp³-hybridized carbons (Fsp3) is 0.231. The third kappa shape index (κ3) is 5.17. The van der Waals surface area contributed by atoms with Crippen LogP contribution >= 0.6 is 0 Å². The number of aromatic amines is 1. The maximum atomic E-state index is 12.9. The van der Waals surface area contributed by atoms with Crippen LogP contribution in [0.2, 0.25) is 0 Å². The quantitative estimate of drug-likeness (QED) is 0.347. The largest absolute Gasteiger partial charge is 0.416 e. The summed E-state index contributed by atoms with van der Waals surface area (Å²) in [4.78, 5) is 22.0. The predicted octanol–water partition coefficient (Wildman–Crippen LogP) is 5.82. The molecule has 1 N–H and O–H groups in total. The molecule has 2 aromatic heterocycles. The molecular weight excluding hydrogens is 498 g/mol. The van der Waals surface area contributed by atoms with Gasteiger partial charge in [0.1, 0.15) is 5.82 Å². The van der Waals surface area contributed by atoms with Crippen LogP contribution in [0.3, 0.4) is 0 Å². The first-order valence-corrected chi connectivity index (χ1v) is 11.3. The molecule has 0 aliphatic carbocycles. The van der Waals surface area contributed by atoms with Crippen molar-refractivity contribution >= 4 is 0 Å². The zero-order valence-corrected chi connectivity index (χ0v) is 19.2. The first-order chi connectivity index (χ1) is 17.5. The van der Waals surface area contributed by atoms with Crippen molar-refractivity contribution in [2.75, 3.05) is 6.54 Å². The second-order valence-electron chi connectivity index (χ2n) is 8.79. The molecule has 5 nitrogen and oxygen atoms in total. The van der Waals surface area contributed by atoms with Crippen LogP contribution in [0.25, 0.3) is 17.1 Å². The number of aromatic nitrogens is 3. The summed E-state index contributed by atoms with van der Waals surface area (Å²) in [6.45, 7) is 1.34. The Balaban J connectivity index is 1.33. The van der Waals surface area contributed by atoms with Crippen molar-refractivity contribution in [3.63, 3.8) is 0 Å². The van der Waals surface area contributed by atoms with E-state index in [9.17, 15) is 31.1 Å². The molecule has 37 heavy (non-hydrogen) atoms. The van der Waals surface area contributed by atoms with Crippen LogP contribution < -0.4 is 5.56 Å². The van der Waals surface area contributed by atoms with Crippen molar-refractivity contribution in [2.45, 2.75) is 31.9 Å². The van der Waals surface area contributed by atoms with Gasteiger partial charge in [-0.3, -0.25) is 9.69 Å². The van der Waals surface area contributed by atoms with Gasteiger partial charge in [-0.05, 0) is 48.5 Å². The Morgan fingerprint density at radius 1 is 0.865 bits per heavy atom. The lowest BCUT2D eigenvalue weighted by Gasteiger charge is -2.28. The molecule has 2 aromatic carbocycles. The van der Waals surface area contributed by atoms with Gasteiger partial charge in [0.25, 0.3) is 5.56 Å². The fourth-order valence-electron chi connectivity index (χ4n) is 4.41. The van der Waals surface area contributed by atoms with Crippen LogP contribution in [0.4, 0.5) is 26.3 Å². The minimum absolute atomic E-state index is 0.210. The maximum Gasteiger partial charge on any atom is 0.416 e. The van der Waals surface area contributed by atoms with Gasteiger partial charge >= 0.3 is 12.4 Å². The minimum atomic E-state index is -4.45. The Bertz CT molecular complexity index is 1470. The third-order valence-electron chi connectivity index (χ3n) is 6.32. The number of nitrogens with one attached hydrogen (secondary N) is 1. The summed E-state index contributed by atoms with van der Waals surface area (Å²) in [6, 6.07) is 13.0. The van der Waals surface area contributed by atoms with Crippen molar-refractivity contribution in [3.8, 4) is 17.1 Å². The Morgan fingerprint density at radius 2 is 1.49 bits per heavy atom. The van der Waals surface area contributed by atoms with Crippen molar-refractivity contribution in [1.82, 2.24) is 19.4 Å². The number of nitrogens with zero attached hydrogens (tertiary/aromatic N) is 3. The molecule has 4 aromatic rings. The van der Waals surface area contributed by atoms with E-state index in [0.717, 1.165) is 30.0 Å². The van der Waals surface area contributed by atoms with Gasteiger partial charge in [-0.25, -0.2) is 4.98 Å². The molecule has 0 bridgehead atoms. The fourth-order valence-corrected chi connectivity index (χ4v) is 4.41. The first-order valence-electron chi connectivity index (χ1n) is 11.3. The highest BCUT2D eigenvalue weighted by Gasteiger charge is 2.31. The van der Waals surface area contributed by atoms with Gasteiger partial charge in [0.15, 0.2) is 0 Å². The lowest BCUT2D eigenvalue weighted by Crippen LogP contribution is -2.35. The Kier molecular flexibility index (Phi) is 6.18. The molecule has 0 unspecified atom stereocenters. The highest BCUT2D eigenvalue weighted by molar-refractivity contribution is 5.56. The zero-order valence-electron chi connectivity index (χ0n) is 19.2. The SMILES string of the molecule is O=c1[nH]c(-c2ccc(C(F)(F)F)cc2)nc2c1CN(Cc1cccn1-c1ccc(C(F)(F)F)cc1)CC2. The van der Waals surface area contributed by atoms with Gasteiger partial charge in [-0.2, -0.15) is 26.3 Å². The summed E-state index contributed by atoms with van der Waals surface area (Å²) >= 11 is 0. The van der Waals surface area contributed by atoms with Crippen molar-refractivity contribution in [3.05, 3.63) is 105 Å². The number of hydrogen-bond acceptors (Lipinski definition) is 3. The van der Waals surface area contributed by atoms with Crippen molar-refractivity contribution in [1.29, 1.82) is 0 Å². The monoisotopic (exact) mass is 518 g/mol. The summed E-state index contributed by atoms with van der Waals surface area (Å²) in [5.41, 5.74) is 1.02. The van der Waals surface area contributed by atoms with Gasteiger partial charge in [-0.15, -0.1) is 0 Å². The lowest BCUT2D eigenvalue weighted by atomic mass is 10.1. The number of hydrogen-bond donors (Lipinski definition) is 1. The van der Waals surface area contributed by atoms with Gasteiger partial charge in [0.05, 0.1) is 22.4 Å². The van der Waals surface area contributed by atoms with Crippen LogP contribution in [0, 0.1) is 0 Å². The summed E-state index contributed by atoms with van der Waals surface area (Å²) in [7, 11) is 0. The van der Waals surface area contributed by atoms with E-state index in [1.54, 1.807) is 16.8 Å². The number of H-pyrrole nitrogens is 1. The van der Waals surface area contributed by atoms with Crippen LogP contribution in [0.15, 0.2) is 71.7 Å². The van der Waals surface area contributed by atoms with Gasteiger partial charge in [0.2, 0.25) is 0 Å². The van der Waals surface area contributed by atoms with E-state index in [0.29, 0.717) is 48.6 Å². The highest BCUT2D eigenvalue weighted by atomic mass is 19.4. The number of fused-ring (bicyclic) bond motifs is 1. The molecule has 0 fully saturated rings. The molecule has 1 aliphatic rings. The zero-order chi connectivity index (χ0) is 26.4. The minimum Gasteiger partial charge on any atom is -0.320 e. The Hall–Kier alpha value is -3.86. The predicted molar refractivity (Wildman–Crippen MR) is 124 cm³/mol. The van der Waals surface area contributed by atoms with E-state index in [-0.39, 0.29) is 11.4 Å². The summed E-state index contributed by atoms with van der Waals surface area (Å²) in [5, 5.41) is 0. The molecule has 192 valence electrons. The number of alkyl halides is 6. The molecule has 0 atom stereocenters. The van der Waals surface area contributed by atoms with E-state index < -0.39 is 23.5 Å². The summed E-state index contributed by atoms with van der Waals surface area (Å²) < 4.78 is 79.0. The normalized spacial score (nSPS) is 14.5. The standard InChI is InChI=1S/C26H20F6N4O/c27-25(28,29)17-5-3-16(4-6-17)23-33-22-11-13-35(15-21(22)24(37)34-23)14-20-2-1-12-36(20)19-9-7-18(8-10-19)26(30,31)32/h1-10,12H,11,13-15H2,(H,33,34,37). The Morgan fingerprint density at radius 3 is 2.11 bits per heavy atom. The first kappa shape index (κ1) is 24.8. The molecular formula is C26H20F6N4O. The molecule has 0 saturated heterocycles. The van der Waals surface area contributed by atoms with Crippen molar-refractivity contribution < 1.29 is 26.3 Å². The molecule has 1 aliphatic heterocycles. The highest BCUT2D eigenvalue weighted by Crippen LogP contribution is 2.31. The van der Waals surface area contributed by atoms with Crippen molar-refractivity contribution in [2.24, 2.45) is 0 Å². The lowest BCUT2D eigenvalue weighted by molar-refractivity contribution is -0.138. The van der Waals surface area contributed by atoms with E-state index in [1.165, 1.54) is 24.3 Å². The van der Waals surface area contributed by atoms with Gasteiger partial charge in [-0.1, -0.05) is 12.1 Å². The molecule has 0 amide bonds. The van der Waals surface area contributed by atoms with Crippen LogP contribution in [0.5, 0.6) is 0 Å². The Labute approximate surface area is 207 Å². The van der Waals surface area contributed by atoms with E-state index in [2.05, 4.69) is 9.97 Å². The molecule has 11 heteroatoms. The molecule has 3 heterocycles. The molecule has 5 rings (SSSR count). The molecule has 0 spiro atoms. The topological polar surface area (TPSA) is 53.9 Å². The van der Waals surface area contributed by atoms with E-state index in [4.69, 9.17) is 0 Å². The van der Waals surface area contributed by atoms with Crippen LogP contribution in [-0.2, 0) is 31.9 Å². The van der Waals surface area contributed by atoms with Gasteiger partial charge in [0, 0.05) is 49.2 Å². The average Bonchev–Trinajstić information content (AvgIpc) is 3.31. The number of rotatable bonds is 4. The summed E-state index contributed by atoms with van der Waals surface area (Å²) in [6.07, 6.45) is -6.63. The van der Waals surface area contributed by atoms with Gasteiger partial charge < -0.3 is 9.55 Å². The third-order valence-corrected chi connectivity index (χ3v) is 6.32. The van der Waals surface area contributed by atoms with E-state index in [1.807, 2.05) is 11.0 Å². The molecule has 0 radical (unpaired) electrons. The second kappa shape index (κ2) is 9.22. The number of benzene rings is 2. The summed E-state index contributed by atoms with van der Waals surface area (Å²) in [5.74, 6) is 0.210. The van der Waals surface area contributed by atoms with Crippen LogP contribution in [-0.4, -0.2) is 26.0 Å². The van der Waals surface area contributed by atoms with E-state index >= 15 is 0 Å². The second-order valence-corrected chi connectivity index (χ2v) is 8.79. The molecule has 0 saturated carbocycles. The van der Waals surface area contributed by atoms with Crippen LogP contribution in [0.1, 0.15) is 28.1 Å².